The van der Waals surface area contributed by atoms with Gasteiger partial charge in [-0.3, -0.25) is 0 Å². The van der Waals surface area contributed by atoms with Crippen molar-refractivity contribution in [2.24, 2.45) is 0 Å². The van der Waals surface area contributed by atoms with E-state index in [4.69, 9.17) is 9.84 Å². The Labute approximate surface area is 131 Å². The average Bonchev–Trinajstić information content (AvgIpc) is 3.03. The van der Waals surface area contributed by atoms with Gasteiger partial charge in [-0.15, -0.1) is 0 Å². The molecule has 0 unspecified atom stereocenters. The predicted octanol–water partition coefficient (Wildman–Crippen LogP) is 2.65. The Morgan fingerprint density at radius 1 is 1.05 bits per heavy atom. The lowest BCUT2D eigenvalue weighted by molar-refractivity contribution is 0.0947. The molecular weight excluding hydrogens is 276 g/mol. The Kier molecular flexibility index (Phi) is 4.76. The lowest BCUT2D eigenvalue weighted by atomic mass is 10.00. The molecule has 0 saturated carbocycles. The molecule has 3 rings (SSSR count). The van der Waals surface area contributed by atoms with Crippen LogP contribution in [0.5, 0.6) is 5.75 Å². The van der Waals surface area contributed by atoms with Gasteiger partial charge in [-0.2, -0.15) is 0 Å². The topological polar surface area (TPSA) is 49.7 Å². The number of aliphatic hydroxyl groups excluding tert-OH is 2. The molecule has 0 saturated heterocycles. The fraction of sp³-hybridized carbons (Fsp3) is 0.368. The van der Waals surface area contributed by atoms with Gasteiger partial charge < -0.3 is 14.9 Å². The minimum atomic E-state index is -0.737. The molecule has 22 heavy (non-hydrogen) atoms. The van der Waals surface area contributed by atoms with Crippen LogP contribution in [0.25, 0.3) is 0 Å². The van der Waals surface area contributed by atoms with Gasteiger partial charge >= 0.3 is 0 Å². The van der Waals surface area contributed by atoms with E-state index in [2.05, 4.69) is 6.07 Å². The van der Waals surface area contributed by atoms with E-state index < -0.39 is 6.10 Å². The number of ether oxygens (including phenoxy) is 1. The Morgan fingerprint density at radius 2 is 1.86 bits per heavy atom. The quantitative estimate of drug-likeness (QED) is 0.862. The molecule has 0 amide bonds. The normalized spacial score (nSPS) is 14.6. The molecular formula is C19H22O3. The van der Waals surface area contributed by atoms with Crippen molar-refractivity contribution < 1.29 is 14.9 Å². The molecule has 3 nitrogen and oxygen atoms in total. The number of benzene rings is 2. The van der Waals surface area contributed by atoms with Gasteiger partial charge in [0, 0.05) is 6.42 Å². The number of rotatable bonds is 6. The van der Waals surface area contributed by atoms with Crippen LogP contribution in [-0.4, -0.2) is 22.9 Å². The lowest BCUT2D eigenvalue weighted by Gasteiger charge is -2.17. The van der Waals surface area contributed by atoms with Crippen molar-refractivity contribution in [1.29, 1.82) is 0 Å². The molecule has 0 aliphatic heterocycles. The zero-order valence-corrected chi connectivity index (χ0v) is 12.7. The molecule has 0 heterocycles. The first-order chi connectivity index (χ1) is 10.8. The maximum Gasteiger partial charge on any atom is 0.126 e. The van der Waals surface area contributed by atoms with Crippen LogP contribution in [0.3, 0.4) is 0 Å². The molecule has 1 atom stereocenters. The van der Waals surface area contributed by atoms with Gasteiger partial charge in [-0.1, -0.05) is 42.5 Å². The van der Waals surface area contributed by atoms with E-state index in [-0.39, 0.29) is 6.61 Å². The minimum absolute atomic E-state index is 0.227. The highest BCUT2D eigenvalue weighted by atomic mass is 16.5. The van der Waals surface area contributed by atoms with Crippen molar-refractivity contribution in [2.75, 3.05) is 6.61 Å². The molecule has 116 valence electrons. The van der Waals surface area contributed by atoms with E-state index in [9.17, 15) is 5.11 Å². The summed E-state index contributed by atoms with van der Waals surface area (Å²) in [5.41, 5.74) is 4.74. The Balaban J connectivity index is 1.85. The molecule has 0 fully saturated rings. The predicted molar refractivity (Wildman–Crippen MR) is 86.0 cm³/mol. The molecule has 0 aromatic heterocycles. The van der Waals surface area contributed by atoms with E-state index in [1.807, 2.05) is 36.4 Å². The van der Waals surface area contributed by atoms with Gasteiger partial charge in [0.25, 0.3) is 0 Å². The van der Waals surface area contributed by atoms with Gasteiger partial charge in [0.15, 0.2) is 0 Å². The van der Waals surface area contributed by atoms with Crippen LogP contribution in [0.15, 0.2) is 42.5 Å². The van der Waals surface area contributed by atoms with Crippen LogP contribution >= 0.6 is 0 Å². The molecule has 0 radical (unpaired) electrons. The minimum Gasteiger partial charge on any atom is -0.488 e. The first kappa shape index (κ1) is 15.1. The van der Waals surface area contributed by atoms with Crippen molar-refractivity contribution in [3.8, 4) is 5.75 Å². The third-order valence-corrected chi connectivity index (χ3v) is 4.20. The number of hydrogen-bond acceptors (Lipinski definition) is 3. The Morgan fingerprint density at radius 3 is 2.64 bits per heavy atom. The second-order valence-corrected chi connectivity index (χ2v) is 5.86. The van der Waals surface area contributed by atoms with Crippen LogP contribution in [0, 0.1) is 0 Å². The van der Waals surface area contributed by atoms with Crippen molar-refractivity contribution in [2.45, 2.75) is 38.4 Å². The van der Waals surface area contributed by atoms with E-state index in [0.29, 0.717) is 13.0 Å². The summed E-state index contributed by atoms with van der Waals surface area (Å²) in [6.45, 7) is 0.300. The summed E-state index contributed by atoms with van der Waals surface area (Å²) >= 11 is 0. The third-order valence-electron chi connectivity index (χ3n) is 4.20. The molecule has 2 N–H and O–H groups in total. The molecule has 2 aromatic carbocycles. The van der Waals surface area contributed by atoms with E-state index in [1.165, 1.54) is 11.1 Å². The fourth-order valence-corrected chi connectivity index (χ4v) is 3.07. The van der Waals surface area contributed by atoms with Crippen LogP contribution < -0.4 is 4.74 Å². The van der Waals surface area contributed by atoms with Crippen LogP contribution in [0.4, 0.5) is 0 Å². The van der Waals surface area contributed by atoms with Gasteiger partial charge in [-0.05, 0) is 41.5 Å². The second-order valence-electron chi connectivity index (χ2n) is 5.86. The van der Waals surface area contributed by atoms with Crippen molar-refractivity contribution in [3.05, 3.63) is 64.7 Å². The molecule has 3 heteroatoms. The third kappa shape index (κ3) is 3.32. The summed E-state index contributed by atoms with van der Waals surface area (Å²) in [6, 6.07) is 14.3. The summed E-state index contributed by atoms with van der Waals surface area (Å²) in [5.74, 6) is 0.909. The number of aryl methyl sites for hydroxylation is 1. The maximum absolute atomic E-state index is 9.76. The molecule has 2 aromatic rings. The van der Waals surface area contributed by atoms with Gasteiger partial charge in [0.1, 0.15) is 12.4 Å². The standard InChI is InChI=1S/C19H22O3/c20-12-17(21)11-16-10-9-15-7-4-8-18(15)19(16)22-13-14-5-2-1-3-6-14/h1-3,5-6,9-10,17,20-21H,4,7-8,11-13H2/t17-/m0/s1. The summed E-state index contributed by atoms with van der Waals surface area (Å²) in [5, 5.41) is 18.9. The SMILES string of the molecule is OC[C@@H](O)Cc1ccc2c(c1OCc1ccccc1)CCC2. The number of hydrogen-bond donors (Lipinski definition) is 2. The summed E-state index contributed by atoms with van der Waals surface area (Å²) in [6.07, 6.45) is 2.97. The molecule has 0 spiro atoms. The largest absolute Gasteiger partial charge is 0.488 e. The number of fused-ring (bicyclic) bond motifs is 1. The highest BCUT2D eigenvalue weighted by Gasteiger charge is 2.20. The highest BCUT2D eigenvalue weighted by molar-refractivity contribution is 5.49. The lowest BCUT2D eigenvalue weighted by Crippen LogP contribution is -2.16. The zero-order chi connectivity index (χ0) is 15.4. The Hall–Kier alpha value is -1.84. The second kappa shape index (κ2) is 6.95. The van der Waals surface area contributed by atoms with Crippen LogP contribution in [0.2, 0.25) is 0 Å². The fourth-order valence-electron chi connectivity index (χ4n) is 3.07. The smallest absolute Gasteiger partial charge is 0.126 e. The number of aliphatic hydroxyl groups is 2. The maximum atomic E-state index is 9.76. The summed E-state index contributed by atoms with van der Waals surface area (Å²) in [7, 11) is 0. The average molecular weight is 298 g/mol. The van der Waals surface area contributed by atoms with E-state index >= 15 is 0 Å². The molecule has 1 aliphatic carbocycles. The van der Waals surface area contributed by atoms with Crippen LogP contribution in [-0.2, 0) is 25.9 Å². The monoisotopic (exact) mass is 298 g/mol. The van der Waals surface area contributed by atoms with Crippen LogP contribution in [0.1, 0.15) is 28.7 Å². The van der Waals surface area contributed by atoms with E-state index in [0.717, 1.165) is 36.1 Å². The summed E-state index contributed by atoms with van der Waals surface area (Å²) in [4.78, 5) is 0. The van der Waals surface area contributed by atoms with Gasteiger partial charge in [0.05, 0.1) is 12.7 Å². The van der Waals surface area contributed by atoms with Gasteiger partial charge in [-0.25, -0.2) is 0 Å². The summed E-state index contributed by atoms with van der Waals surface area (Å²) < 4.78 is 6.12. The highest BCUT2D eigenvalue weighted by Crippen LogP contribution is 2.35. The Bertz CT molecular complexity index is 622. The zero-order valence-electron chi connectivity index (χ0n) is 12.7. The molecule has 1 aliphatic rings. The van der Waals surface area contributed by atoms with Crippen molar-refractivity contribution >= 4 is 0 Å². The van der Waals surface area contributed by atoms with Crippen molar-refractivity contribution in [3.63, 3.8) is 0 Å². The van der Waals surface area contributed by atoms with Crippen molar-refractivity contribution in [1.82, 2.24) is 0 Å². The van der Waals surface area contributed by atoms with Gasteiger partial charge in [0.2, 0.25) is 0 Å². The first-order valence-electron chi connectivity index (χ1n) is 7.87. The molecule has 0 bridgehead atoms. The first-order valence-corrected chi connectivity index (χ1v) is 7.87. The van der Waals surface area contributed by atoms with E-state index in [1.54, 1.807) is 0 Å².